The first kappa shape index (κ1) is 11.3. The van der Waals surface area contributed by atoms with Crippen LogP contribution in [0.25, 0.3) is 0 Å². The third-order valence-electron chi connectivity index (χ3n) is 1.71. The second-order valence-electron chi connectivity index (χ2n) is 3.21. The van der Waals surface area contributed by atoms with Gasteiger partial charge in [0.25, 0.3) is 0 Å². The van der Waals surface area contributed by atoms with E-state index in [2.05, 4.69) is 22.5 Å². The third-order valence-corrected chi connectivity index (χ3v) is 2.33. The Balaban J connectivity index is 2.73. The molecule has 2 N–H and O–H groups in total. The van der Waals surface area contributed by atoms with Gasteiger partial charge in [-0.25, -0.2) is 0 Å². The molecule has 0 heterocycles. The summed E-state index contributed by atoms with van der Waals surface area (Å²) in [5.41, 5.74) is 7.60. The van der Waals surface area contributed by atoms with Gasteiger partial charge in [-0.2, -0.15) is 0 Å². The highest BCUT2D eigenvalue weighted by molar-refractivity contribution is 9.10. The zero-order valence-electron chi connectivity index (χ0n) is 8.22. The van der Waals surface area contributed by atoms with E-state index in [0.29, 0.717) is 13.2 Å². The van der Waals surface area contributed by atoms with Gasteiger partial charge in [-0.15, -0.1) is 0 Å². The number of benzene rings is 1. The monoisotopic (exact) mass is 255 g/mol. The Morgan fingerprint density at radius 3 is 2.79 bits per heavy atom. The van der Waals surface area contributed by atoms with Crippen LogP contribution in [0.5, 0.6) is 5.75 Å². The minimum Gasteiger partial charge on any atom is -0.488 e. The van der Waals surface area contributed by atoms with Gasteiger partial charge in [0.1, 0.15) is 12.4 Å². The van der Waals surface area contributed by atoms with Gasteiger partial charge >= 0.3 is 0 Å². The lowest BCUT2D eigenvalue weighted by atomic mass is 10.2. The zero-order valence-corrected chi connectivity index (χ0v) is 9.80. The maximum absolute atomic E-state index is 5.52. The fourth-order valence-electron chi connectivity index (χ4n) is 0.989. The Morgan fingerprint density at radius 2 is 2.29 bits per heavy atom. The highest BCUT2D eigenvalue weighted by Gasteiger charge is 2.01. The van der Waals surface area contributed by atoms with Crippen molar-refractivity contribution in [1.29, 1.82) is 0 Å². The van der Waals surface area contributed by atoms with Crippen LogP contribution in [-0.4, -0.2) is 6.61 Å². The predicted octanol–water partition coefficient (Wildman–Crippen LogP) is 2.86. The van der Waals surface area contributed by atoms with Crippen molar-refractivity contribution < 1.29 is 4.74 Å². The Labute approximate surface area is 92.9 Å². The van der Waals surface area contributed by atoms with Crippen molar-refractivity contribution in [2.75, 3.05) is 6.61 Å². The quantitative estimate of drug-likeness (QED) is 0.840. The van der Waals surface area contributed by atoms with Crippen LogP contribution in [0, 0.1) is 0 Å². The molecule has 3 heteroatoms. The second-order valence-corrected chi connectivity index (χ2v) is 4.07. The Hall–Kier alpha value is -0.800. The van der Waals surface area contributed by atoms with Crippen molar-refractivity contribution in [3.8, 4) is 5.75 Å². The predicted molar refractivity (Wildman–Crippen MR) is 62.3 cm³/mol. The standard InChI is InChI=1S/C11H14BrNO/c1-8(2)7-14-11-4-3-9(6-13)5-10(11)12/h3-5H,1,6-7,13H2,2H3. The summed E-state index contributed by atoms with van der Waals surface area (Å²) < 4.78 is 6.44. The fourth-order valence-corrected chi connectivity index (χ4v) is 1.53. The van der Waals surface area contributed by atoms with Gasteiger partial charge in [-0.1, -0.05) is 12.6 Å². The SMILES string of the molecule is C=C(C)COc1ccc(CN)cc1Br. The number of hydrogen-bond acceptors (Lipinski definition) is 2. The summed E-state index contributed by atoms with van der Waals surface area (Å²) in [6.45, 7) is 6.79. The molecule has 0 spiro atoms. The molecule has 0 amide bonds. The second kappa shape index (κ2) is 5.17. The molecule has 76 valence electrons. The summed E-state index contributed by atoms with van der Waals surface area (Å²) >= 11 is 3.43. The molecule has 0 saturated carbocycles. The molecule has 0 radical (unpaired) electrons. The van der Waals surface area contributed by atoms with Crippen molar-refractivity contribution in [2.24, 2.45) is 5.73 Å². The molecule has 1 aromatic carbocycles. The van der Waals surface area contributed by atoms with Crippen LogP contribution in [0.3, 0.4) is 0 Å². The first-order valence-corrected chi connectivity index (χ1v) is 5.18. The van der Waals surface area contributed by atoms with Crippen molar-refractivity contribution in [3.05, 3.63) is 40.4 Å². The minimum atomic E-state index is 0.541. The van der Waals surface area contributed by atoms with E-state index in [4.69, 9.17) is 10.5 Å². The van der Waals surface area contributed by atoms with Crippen LogP contribution < -0.4 is 10.5 Å². The first-order chi connectivity index (χ1) is 6.63. The summed E-state index contributed by atoms with van der Waals surface area (Å²) in [6, 6.07) is 5.83. The number of ether oxygens (including phenoxy) is 1. The van der Waals surface area contributed by atoms with Gasteiger partial charge in [0.2, 0.25) is 0 Å². The van der Waals surface area contributed by atoms with Crippen molar-refractivity contribution in [2.45, 2.75) is 13.5 Å². The summed E-state index contributed by atoms with van der Waals surface area (Å²) in [4.78, 5) is 0. The average molecular weight is 256 g/mol. The van der Waals surface area contributed by atoms with Crippen LogP contribution in [0.2, 0.25) is 0 Å². The van der Waals surface area contributed by atoms with E-state index < -0.39 is 0 Å². The molecule has 2 nitrogen and oxygen atoms in total. The average Bonchev–Trinajstić information content (AvgIpc) is 2.15. The first-order valence-electron chi connectivity index (χ1n) is 4.39. The van der Waals surface area contributed by atoms with Crippen LogP contribution in [0.15, 0.2) is 34.8 Å². The lowest BCUT2D eigenvalue weighted by molar-refractivity contribution is 0.350. The van der Waals surface area contributed by atoms with E-state index >= 15 is 0 Å². The molecule has 0 aromatic heterocycles. The van der Waals surface area contributed by atoms with E-state index in [-0.39, 0.29) is 0 Å². The molecular formula is C11H14BrNO. The van der Waals surface area contributed by atoms with E-state index in [1.165, 1.54) is 0 Å². The fraction of sp³-hybridized carbons (Fsp3) is 0.273. The molecule has 1 aromatic rings. The van der Waals surface area contributed by atoms with Crippen LogP contribution in [0.1, 0.15) is 12.5 Å². The van der Waals surface area contributed by atoms with E-state index in [1.807, 2.05) is 25.1 Å². The van der Waals surface area contributed by atoms with Gasteiger partial charge in [0.15, 0.2) is 0 Å². The van der Waals surface area contributed by atoms with Crippen molar-refractivity contribution in [3.63, 3.8) is 0 Å². The molecule has 0 aliphatic heterocycles. The Bertz CT molecular complexity index is 336. The van der Waals surface area contributed by atoms with Gasteiger partial charge in [-0.05, 0) is 46.1 Å². The normalized spacial score (nSPS) is 9.93. The molecule has 0 unspecified atom stereocenters. The lowest BCUT2D eigenvalue weighted by Crippen LogP contribution is -2.00. The molecule has 0 aliphatic rings. The number of hydrogen-bond donors (Lipinski definition) is 1. The van der Waals surface area contributed by atoms with Gasteiger partial charge in [-0.3, -0.25) is 0 Å². The summed E-state index contributed by atoms with van der Waals surface area (Å²) in [7, 11) is 0. The summed E-state index contributed by atoms with van der Waals surface area (Å²) in [5, 5.41) is 0. The molecular weight excluding hydrogens is 242 g/mol. The number of halogens is 1. The highest BCUT2D eigenvalue weighted by Crippen LogP contribution is 2.26. The van der Waals surface area contributed by atoms with E-state index in [0.717, 1.165) is 21.4 Å². The van der Waals surface area contributed by atoms with Crippen molar-refractivity contribution >= 4 is 15.9 Å². The highest BCUT2D eigenvalue weighted by atomic mass is 79.9. The van der Waals surface area contributed by atoms with Crippen LogP contribution in [-0.2, 0) is 6.54 Å². The van der Waals surface area contributed by atoms with Crippen LogP contribution in [0.4, 0.5) is 0 Å². The lowest BCUT2D eigenvalue weighted by Gasteiger charge is -2.08. The summed E-state index contributed by atoms with van der Waals surface area (Å²) in [5.74, 6) is 0.824. The van der Waals surface area contributed by atoms with Gasteiger partial charge < -0.3 is 10.5 Å². The Morgan fingerprint density at radius 1 is 1.57 bits per heavy atom. The molecule has 14 heavy (non-hydrogen) atoms. The smallest absolute Gasteiger partial charge is 0.133 e. The van der Waals surface area contributed by atoms with E-state index in [1.54, 1.807) is 0 Å². The zero-order chi connectivity index (χ0) is 10.6. The third kappa shape index (κ3) is 3.16. The molecule has 0 bridgehead atoms. The van der Waals surface area contributed by atoms with Gasteiger partial charge in [0, 0.05) is 6.54 Å². The maximum atomic E-state index is 5.52. The topological polar surface area (TPSA) is 35.2 Å². The van der Waals surface area contributed by atoms with Crippen molar-refractivity contribution in [1.82, 2.24) is 0 Å². The largest absolute Gasteiger partial charge is 0.488 e. The minimum absolute atomic E-state index is 0.541. The molecule has 0 aliphatic carbocycles. The van der Waals surface area contributed by atoms with Gasteiger partial charge in [0.05, 0.1) is 4.47 Å². The molecule has 0 fully saturated rings. The number of rotatable bonds is 4. The molecule has 1 rings (SSSR count). The molecule has 0 atom stereocenters. The van der Waals surface area contributed by atoms with Crippen LogP contribution >= 0.6 is 15.9 Å². The Kier molecular flexibility index (Phi) is 4.17. The maximum Gasteiger partial charge on any atom is 0.133 e. The summed E-state index contributed by atoms with van der Waals surface area (Å²) in [6.07, 6.45) is 0. The number of nitrogens with two attached hydrogens (primary N) is 1. The molecule has 0 saturated heterocycles. The van der Waals surface area contributed by atoms with E-state index in [9.17, 15) is 0 Å².